The van der Waals surface area contributed by atoms with Gasteiger partial charge in [0.1, 0.15) is 29.5 Å². The number of imidazole rings is 2. The maximum atomic E-state index is 14.1. The molecule has 12 rings (SSSR count). The molecule has 69 heavy (non-hydrogen) atoms. The molecule has 1 unspecified atom stereocenters. The number of methoxy groups -OCH3 is 2. The summed E-state index contributed by atoms with van der Waals surface area (Å²) in [5.41, 5.74) is 6.48. The number of amides is 4. The van der Waals surface area contributed by atoms with E-state index in [9.17, 15) is 19.2 Å². The van der Waals surface area contributed by atoms with Crippen molar-refractivity contribution in [1.82, 2.24) is 44.9 Å². The van der Waals surface area contributed by atoms with Crippen LogP contribution in [0.1, 0.15) is 106 Å². The lowest BCUT2D eigenvalue weighted by Crippen LogP contribution is -2.53. The Balaban J connectivity index is 0.840. The highest BCUT2D eigenvalue weighted by molar-refractivity contribution is 7.12. The van der Waals surface area contributed by atoms with Crippen molar-refractivity contribution in [2.75, 3.05) is 14.2 Å². The van der Waals surface area contributed by atoms with Crippen molar-refractivity contribution in [2.24, 2.45) is 23.7 Å². The largest absolute Gasteiger partial charge is 0.464 e. The molecular weight excluding hydrogens is 895 g/mol. The summed E-state index contributed by atoms with van der Waals surface area (Å²) in [4.78, 5) is 75.7. The molecule has 6 aliphatic rings. The van der Waals surface area contributed by atoms with Gasteiger partial charge in [-0.05, 0) is 111 Å². The molecule has 2 aliphatic heterocycles. The van der Waals surface area contributed by atoms with Crippen LogP contribution in [0.2, 0.25) is 0 Å². The number of thiophene rings is 1. The van der Waals surface area contributed by atoms with Crippen molar-refractivity contribution in [1.29, 1.82) is 0 Å². The maximum absolute atomic E-state index is 14.1. The maximum Gasteiger partial charge on any atom is 0.407 e. The summed E-state index contributed by atoms with van der Waals surface area (Å²) >= 11 is 1.83. The average molecular weight is 952 g/mol. The summed E-state index contributed by atoms with van der Waals surface area (Å²) < 4.78 is 19.1. The number of rotatable bonds is 14. The highest BCUT2D eigenvalue weighted by Crippen LogP contribution is 2.71. The highest BCUT2D eigenvalue weighted by atomic mass is 32.1. The van der Waals surface area contributed by atoms with Gasteiger partial charge in [-0.1, -0.05) is 39.8 Å². The van der Waals surface area contributed by atoms with Crippen LogP contribution >= 0.6 is 11.3 Å². The van der Waals surface area contributed by atoms with Crippen LogP contribution in [0.3, 0.4) is 0 Å². The van der Waals surface area contributed by atoms with Crippen LogP contribution in [0.25, 0.3) is 44.7 Å². The van der Waals surface area contributed by atoms with Crippen LogP contribution in [0.15, 0.2) is 67.0 Å². The Morgan fingerprint density at radius 2 is 1.54 bits per heavy atom. The second-order valence-corrected chi connectivity index (χ2v) is 21.8. The number of H-pyrrole nitrogens is 2. The monoisotopic (exact) mass is 951 g/mol. The normalized spacial score (nSPS) is 24.4. The molecule has 4 aromatic heterocycles. The molecule has 4 aliphatic carbocycles. The summed E-state index contributed by atoms with van der Waals surface area (Å²) in [7, 11) is 2.61. The van der Waals surface area contributed by atoms with E-state index in [4.69, 9.17) is 24.2 Å². The van der Waals surface area contributed by atoms with Gasteiger partial charge in [-0.15, -0.1) is 11.3 Å². The van der Waals surface area contributed by atoms with Crippen LogP contribution in [0.4, 0.5) is 9.59 Å². The second-order valence-electron chi connectivity index (χ2n) is 20.7. The molecular formula is C52H57N9O7S. The SMILES string of the molecule is COC(=O)N[C@H](C(=O)N1[C@@H]2C[C@@H]2C[C@H]1c1ncc(-c2ccc3c(c2)cc2n3C(c3ccc(C4CC4)s3)Oc3cc(-c4cnc(CN(C(=O)[C@@H](NC(=O)OC)C(C)C)C56CC5C6)[nH]4)ccc3-2)[nH]1)C(C)C. The van der Waals surface area contributed by atoms with Gasteiger partial charge in [0.05, 0.1) is 66.7 Å². The standard InChI is InChI=1S/C52H57N9O7S/c1-25(2)44(57-50(64)66-5)47(62)59(52-20-32(52)21-52)24-43-53-22-34(55-43)29-9-11-33-38-17-30-15-28(10-12-36(30)61(38)49(68-40(33)19-29)42-14-13-41(69-42)27-7-8-27)35-23-54-46(56-35)39-18-31-16-37(31)60(39)48(63)45(26(3)4)58-51(65)67-6/h9-15,17,19,22-23,25-27,31-32,37,39,44-45,49H,7-8,16,18,20-21,24H2,1-6H3,(H,53,55)(H,54,56)(H,57,64)(H,58,65)/t31-,32?,37-,39+,44+,45+,49?,52?/m1/s1. The molecule has 5 fully saturated rings. The van der Waals surface area contributed by atoms with Crippen molar-refractivity contribution < 1.29 is 33.4 Å². The van der Waals surface area contributed by atoms with E-state index >= 15 is 0 Å². The number of fused-ring (bicyclic) bond motifs is 7. The Morgan fingerprint density at radius 3 is 2.25 bits per heavy atom. The molecule has 4 N–H and O–H groups in total. The number of nitrogens with one attached hydrogen (secondary N) is 4. The van der Waals surface area contributed by atoms with Crippen molar-refractivity contribution >= 4 is 46.2 Å². The Morgan fingerprint density at radius 1 is 0.855 bits per heavy atom. The Labute approximate surface area is 403 Å². The Bertz CT molecular complexity index is 3050. The number of carbonyl (C=O) groups excluding carboxylic acids is 4. The van der Waals surface area contributed by atoms with Crippen LogP contribution in [0, 0.1) is 23.7 Å². The summed E-state index contributed by atoms with van der Waals surface area (Å²) in [6.07, 6.45) is 8.20. The van der Waals surface area contributed by atoms with Gasteiger partial charge < -0.3 is 44.6 Å². The molecule has 16 nitrogen and oxygen atoms in total. The van der Waals surface area contributed by atoms with Crippen molar-refractivity contribution in [2.45, 2.75) is 115 Å². The van der Waals surface area contributed by atoms with E-state index in [2.05, 4.69) is 79.8 Å². The molecule has 1 saturated heterocycles. The first-order valence-corrected chi connectivity index (χ1v) is 25.1. The summed E-state index contributed by atoms with van der Waals surface area (Å²) in [6, 6.07) is 18.0. The molecule has 0 spiro atoms. The lowest BCUT2D eigenvalue weighted by Gasteiger charge is -2.31. The van der Waals surface area contributed by atoms with Gasteiger partial charge in [0, 0.05) is 38.5 Å². The van der Waals surface area contributed by atoms with E-state index in [1.807, 2.05) is 61.2 Å². The average Bonchev–Trinajstić information content (AvgIpc) is 4.31. The predicted molar refractivity (Wildman–Crippen MR) is 258 cm³/mol. The number of hydrogen-bond acceptors (Lipinski definition) is 10. The van der Waals surface area contributed by atoms with E-state index in [1.165, 1.54) is 31.9 Å². The van der Waals surface area contributed by atoms with Crippen LogP contribution in [-0.2, 0) is 25.6 Å². The van der Waals surface area contributed by atoms with Gasteiger partial charge in [0.25, 0.3) is 0 Å². The number of aromatic nitrogens is 5. The quantitative estimate of drug-likeness (QED) is 0.0827. The lowest BCUT2D eigenvalue weighted by atomic mass is 10.0. The molecule has 2 aromatic carbocycles. The zero-order valence-corrected chi connectivity index (χ0v) is 40.4. The van der Waals surface area contributed by atoms with E-state index in [-0.39, 0.29) is 41.3 Å². The fraction of sp³-hybridized carbons (Fsp3) is 0.462. The topological polar surface area (TPSA) is 189 Å². The molecule has 6 atom stereocenters. The van der Waals surface area contributed by atoms with E-state index in [0.717, 1.165) is 86.8 Å². The lowest BCUT2D eigenvalue weighted by molar-refractivity contribution is -0.137. The minimum atomic E-state index is -0.710. The van der Waals surface area contributed by atoms with Gasteiger partial charge in [-0.25, -0.2) is 19.6 Å². The van der Waals surface area contributed by atoms with Crippen LogP contribution < -0.4 is 15.4 Å². The first-order chi connectivity index (χ1) is 33.3. The minimum Gasteiger partial charge on any atom is -0.464 e. The minimum absolute atomic E-state index is 0.107. The zero-order chi connectivity index (χ0) is 47.6. The molecule has 6 aromatic rings. The number of likely N-dealkylation sites (tertiary alicyclic amines) is 1. The zero-order valence-electron chi connectivity index (χ0n) is 39.6. The third-order valence-electron chi connectivity index (χ3n) is 15.5. The van der Waals surface area contributed by atoms with E-state index in [0.29, 0.717) is 30.1 Å². The number of carbonyl (C=O) groups is 4. The summed E-state index contributed by atoms with van der Waals surface area (Å²) in [6.45, 7) is 8.01. The third-order valence-corrected chi connectivity index (χ3v) is 16.8. The van der Waals surface area contributed by atoms with Crippen molar-refractivity contribution in [3.63, 3.8) is 0 Å². The number of piperidine rings is 1. The number of benzene rings is 2. The first-order valence-electron chi connectivity index (χ1n) is 24.3. The van der Waals surface area contributed by atoms with Crippen LogP contribution in [-0.4, -0.2) is 96.2 Å². The highest BCUT2D eigenvalue weighted by Gasteiger charge is 2.74. The predicted octanol–water partition coefficient (Wildman–Crippen LogP) is 8.88. The van der Waals surface area contributed by atoms with Crippen molar-refractivity contribution in [3.05, 3.63) is 88.4 Å². The molecule has 17 heteroatoms. The molecule has 4 amide bonds. The summed E-state index contributed by atoms with van der Waals surface area (Å²) in [5.74, 6) is 3.25. The fourth-order valence-corrected chi connectivity index (χ4v) is 12.2. The number of aromatic amines is 2. The molecule has 358 valence electrons. The number of ether oxygens (including phenoxy) is 3. The Hall–Kier alpha value is -6.62. The molecule has 0 radical (unpaired) electrons. The van der Waals surface area contributed by atoms with Gasteiger partial charge >= 0.3 is 12.2 Å². The number of alkyl carbamates (subject to hydrolysis) is 2. The third kappa shape index (κ3) is 7.54. The van der Waals surface area contributed by atoms with Gasteiger partial charge in [0.2, 0.25) is 18.0 Å². The van der Waals surface area contributed by atoms with Crippen molar-refractivity contribution in [3.8, 4) is 39.5 Å². The smallest absolute Gasteiger partial charge is 0.407 e. The first kappa shape index (κ1) is 43.6. The van der Waals surface area contributed by atoms with E-state index < -0.39 is 30.5 Å². The number of nitrogens with zero attached hydrogens (tertiary/aromatic N) is 5. The van der Waals surface area contributed by atoms with Gasteiger partial charge in [0.15, 0.2) is 0 Å². The van der Waals surface area contributed by atoms with E-state index in [1.54, 1.807) is 0 Å². The van der Waals surface area contributed by atoms with Gasteiger partial charge in [-0.3, -0.25) is 14.2 Å². The molecule has 0 bridgehead atoms. The molecule has 6 heterocycles. The number of hydrogen-bond donors (Lipinski definition) is 4. The van der Waals surface area contributed by atoms with Crippen LogP contribution in [0.5, 0.6) is 5.75 Å². The fourth-order valence-electron chi connectivity index (χ4n) is 11.0. The second kappa shape index (κ2) is 16.2. The summed E-state index contributed by atoms with van der Waals surface area (Å²) in [5, 5.41) is 6.59. The molecule has 4 saturated carbocycles. The van der Waals surface area contributed by atoms with Gasteiger partial charge in [-0.2, -0.15) is 0 Å². The Kier molecular flexibility index (Phi) is 10.3.